The molecule has 0 rings (SSSR count). The standard InChI is InChI=1S/C70H124O6/c1-4-7-10-13-16-19-22-25-28-30-32-34-36-37-39-42-45-48-51-54-57-60-63-69(72)75-66-67(65-74-68(71)62-59-56-53-50-47-44-41-27-24-21-18-15-12-9-6-3)76-70(73)64-61-58-55-52-49-46-43-40-38-35-33-31-29-26-23-20-17-14-11-8-5-2/h9,12,18,21,23,26-27,31,33,38,40-41,67H,4-8,10-11,13-17,19-20,22,24-25,28-30,32,34-37,39,42-66H2,1-3H3/b12-9-,21-18-,26-23-,33-31-,40-38-,41-27-. The molecule has 0 radical (unpaired) electrons. The molecular weight excluding hydrogens is 937 g/mol. The summed E-state index contributed by atoms with van der Waals surface area (Å²) in [5.74, 6) is -0.897. The highest BCUT2D eigenvalue weighted by Gasteiger charge is 2.19. The maximum Gasteiger partial charge on any atom is 0.306 e. The first-order valence-corrected chi connectivity index (χ1v) is 32.9. The van der Waals surface area contributed by atoms with Crippen LogP contribution in [0.2, 0.25) is 0 Å². The second-order valence-corrected chi connectivity index (χ2v) is 22.0. The van der Waals surface area contributed by atoms with Crippen molar-refractivity contribution in [3.05, 3.63) is 72.9 Å². The summed E-state index contributed by atoms with van der Waals surface area (Å²) >= 11 is 0. The number of esters is 3. The second kappa shape index (κ2) is 64.4. The zero-order valence-corrected chi connectivity index (χ0v) is 50.5. The smallest absolute Gasteiger partial charge is 0.306 e. The Morgan fingerprint density at radius 2 is 0.513 bits per heavy atom. The molecule has 0 saturated heterocycles. The largest absolute Gasteiger partial charge is 0.462 e. The van der Waals surface area contributed by atoms with Gasteiger partial charge in [-0.2, -0.15) is 0 Å². The van der Waals surface area contributed by atoms with Gasteiger partial charge in [-0.15, -0.1) is 0 Å². The molecular formula is C70H124O6. The molecule has 440 valence electrons. The van der Waals surface area contributed by atoms with Crippen molar-refractivity contribution in [2.45, 2.75) is 341 Å². The molecule has 0 aliphatic carbocycles. The van der Waals surface area contributed by atoms with Crippen LogP contribution in [0.1, 0.15) is 335 Å². The third-order valence-electron chi connectivity index (χ3n) is 14.4. The molecule has 0 spiro atoms. The molecule has 76 heavy (non-hydrogen) atoms. The van der Waals surface area contributed by atoms with Gasteiger partial charge in [-0.05, 0) is 89.9 Å². The highest BCUT2D eigenvalue weighted by molar-refractivity contribution is 5.71. The minimum absolute atomic E-state index is 0.0837. The van der Waals surface area contributed by atoms with Crippen LogP contribution in [0.3, 0.4) is 0 Å². The fraction of sp³-hybridized carbons (Fsp3) is 0.786. The van der Waals surface area contributed by atoms with Crippen LogP contribution in [0.5, 0.6) is 0 Å². The Balaban J connectivity index is 4.36. The molecule has 0 bridgehead atoms. The van der Waals surface area contributed by atoms with Gasteiger partial charge in [-0.25, -0.2) is 0 Å². The van der Waals surface area contributed by atoms with Crippen LogP contribution in [0.4, 0.5) is 0 Å². The average Bonchev–Trinajstić information content (AvgIpc) is 3.42. The molecule has 0 heterocycles. The highest BCUT2D eigenvalue weighted by atomic mass is 16.6. The monoisotopic (exact) mass is 1060 g/mol. The third-order valence-corrected chi connectivity index (χ3v) is 14.4. The topological polar surface area (TPSA) is 78.9 Å². The Labute approximate surface area is 472 Å². The van der Waals surface area contributed by atoms with Crippen molar-refractivity contribution in [3.63, 3.8) is 0 Å². The van der Waals surface area contributed by atoms with Gasteiger partial charge in [-0.3, -0.25) is 14.4 Å². The lowest BCUT2D eigenvalue weighted by molar-refractivity contribution is -0.167. The fourth-order valence-electron chi connectivity index (χ4n) is 9.53. The van der Waals surface area contributed by atoms with Crippen LogP contribution >= 0.6 is 0 Å². The van der Waals surface area contributed by atoms with Crippen molar-refractivity contribution in [1.29, 1.82) is 0 Å². The van der Waals surface area contributed by atoms with Crippen LogP contribution in [0.15, 0.2) is 72.9 Å². The second-order valence-electron chi connectivity index (χ2n) is 22.0. The lowest BCUT2D eigenvalue weighted by Crippen LogP contribution is -2.30. The number of ether oxygens (including phenoxy) is 3. The van der Waals surface area contributed by atoms with Crippen LogP contribution in [0.25, 0.3) is 0 Å². The minimum atomic E-state index is -0.790. The van der Waals surface area contributed by atoms with E-state index in [0.717, 1.165) is 122 Å². The molecule has 6 nitrogen and oxygen atoms in total. The average molecular weight is 1060 g/mol. The van der Waals surface area contributed by atoms with E-state index in [0.29, 0.717) is 19.3 Å². The zero-order valence-electron chi connectivity index (χ0n) is 50.5. The Kier molecular flexibility index (Phi) is 61.7. The molecule has 0 aliphatic rings. The van der Waals surface area contributed by atoms with E-state index in [2.05, 4.69) is 93.7 Å². The van der Waals surface area contributed by atoms with Crippen molar-refractivity contribution in [1.82, 2.24) is 0 Å². The van der Waals surface area contributed by atoms with Gasteiger partial charge in [0.05, 0.1) is 0 Å². The Bertz CT molecular complexity index is 1400. The molecule has 1 atom stereocenters. The van der Waals surface area contributed by atoms with Crippen LogP contribution < -0.4 is 0 Å². The first kappa shape index (κ1) is 72.8. The van der Waals surface area contributed by atoms with Gasteiger partial charge in [0, 0.05) is 19.3 Å². The van der Waals surface area contributed by atoms with Crippen molar-refractivity contribution in [3.8, 4) is 0 Å². The molecule has 0 saturated carbocycles. The number of rotatable bonds is 60. The highest BCUT2D eigenvalue weighted by Crippen LogP contribution is 2.17. The van der Waals surface area contributed by atoms with Gasteiger partial charge in [0.15, 0.2) is 6.10 Å². The van der Waals surface area contributed by atoms with Crippen LogP contribution in [-0.4, -0.2) is 37.2 Å². The summed E-state index contributed by atoms with van der Waals surface area (Å²) in [5.41, 5.74) is 0. The summed E-state index contributed by atoms with van der Waals surface area (Å²) < 4.78 is 16.9. The van der Waals surface area contributed by atoms with E-state index in [9.17, 15) is 14.4 Å². The first-order chi connectivity index (χ1) is 37.5. The maximum atomic E-state index is 12.9. The van der Waals surface area contributed by atoms with Crippen molar-refractivity contribution in [2.24, 2.45) is 0 Å². The number of unbranched alkanes of at least 4 members (excludes halogenated alkanes) is 37. The lowest BCUT2D eigenvalue weighted by atomic mass is 10.0. The summed E-state index contributed by atoms with van der Waals surface area (Å²) in [4.78, 5) is 38.4. The van der Waals surface area contributed by atoms with Crippen molar-refractivity contribution in [2.75, 3.05) is 13.2 Å². The van der Waals surface area contributed by atoms with Gasteiger partial charge in [0.25, 0.3) is 0 Å². The molecule has 1 unspecified atom stereocenters. The van der Waals surface area contributed by atoms with Gasteiger partial charge in [0.1, 0.15) is 13.2 Å². The van der Waals surface area contributed by atoms with Crippen LogP contribution in [0, 0.1) is 0 Å². The van der Waals surface area contributed by atoms with E-state index in [1.165, 1.54) is 173 Å². The number of hydrogen-bond donors (Lipinski definition) is 0. The lowest BCUT2D eigenvalue weighted by Gasteiger charge is -2.18. The van der Waals surface area contributed by atoms with E-state index < -0.39 is 6.10 Å². The summed E-state index contributed by atoms with van der Waals surface area (Å²) in [7, 11) is 0. The molecule has 0 N–H and O–H groups in total. The molecule has 0 amide bonds. The fourth-order valence-corrected chi connectivity index (χ4v) is 9.53. The van der Waals surface area contributed by atoms with E-state index in [-0.39, 0.29) is 31.1 Å². The minimum Gasteiger partial charge on any atom is -0.462 e. The summed E-state index contributed by atoms with van der Waals surface area (Å²) in [5, 5.41) is 0. The first-order valence-electron chi connectivity index (χ1n) is 32.9. The number of allylic oxidation sites excluding steroid dienone is 12. The Morgan fingerprint density at radius 1 is 0.276 bits per heavy atom. The third kappa shape index (κ3) is 61.7. The molecule has 6 heteroatoms. The predicted octanol–water partition coefficient (Wildman–Crippen LogP) is 22.5. The molecule has 0 aromatic rings. The maximum absolute atomic E-state index is 12.9. The van der Waals surface area contributed by atoms with Gasteiger partial charge in [0.2, 0.25) is 0 Å². The van der Waals surface area contributed by atoms with E-state index in [4.69, 9.17) is 14.2 Å². The SMILES string of the molecule is CC/C=C\C/C=C\C/C=C\CCCCCCCC(=O)OCC(COC(=O)CCCCCCCCCCCCCCCCCCCCCCCC)OC(=O)CCCCCCCC/C=C\C/C=C\C/C=C\CCCCCCC. The van der Waals surface area contributed by atoms with E-state index in [1.54, 1.807) is 0 Å². The quantitative estimate of drug-likeness (QED) is 0.0261. The predicted molar refractivity (Wildman–Crippen MR) is 330 cm³/mol. The Morgan fingerprint density at radius 3 is 0.803 bits per heavy atom. The number of hydrogen-bond acceptors (Lipinski definition) is 6. The van der Waals surface area contributed by atoms with Gasteiger partial charge < -0.3 is 14.2 Å². The van der Waals surface area contributed by atoms with Crippen molar-refractivity contribution < 1.29 is 28.6 Å². The van der Waals surface area contributed by atoms with Gasteiger partial charge >= 0.3 is 17.9 Å². The summed E-state index contributed by atoms with van der Waals surface area (Å²) in [6.07, 6.45) is 83.4. The molecule has 0 aromatic heterocycles. The number of carbonyl (C=O) groups excluding carboxylic acids is 3. The van der Waals surface area contributed by atoms with E-state index >= 15 is 0 Å². The molecule has 0 aromatic carbocycles. The normalized spacial score (nSPS) is 12.5. The summed E-state index contributed by atoms with van der Waals surface area (Å²) in [6, 6.07) is 0. The van der Waals surface area contributed by atoms with E-state index in [1.807, 2.05) is 0 Å². The zero-order chi connectivity index (χ0) is 55.0. The summed E-state index contributed by atoms with van der Waals surface area (Å²) in [6.45, 7) is 6.54. The Hall–Kier alpha value is -3.15. The van der Waals surface area contributed by atoms with Gasteiger partial charge in [-0.1, -0.05) is 299 Å². The van der Waals surface area contributed by atoms with Crippen LogP contribution in [-0.2, 0) is 28.6 Å². The molecule has 0 aliphatic heterocycles. The number of carbonyl (C=O) groups is 3. The van der Waals surface area contributed by atoms with Crippen molar-refractivity contribution >= 4 is 17.9 Å². The molecule has 0 fully saturated rings.